The number of carbonyl (C=O) groups excluding carboxylic acids is 2. The van der Waals surface area contributed by atoms with Crippen molar-refractivity contribution >= 4 is 41.9 Å². The van der Waals surface area contributed by atoms with Gasteiger partial charge in [-0.2, -0.15) is 0 Å². The molecule has 0 radical (unpaired) electrons. The maximum atomic E-state index is 11.7. The van der Waals surface area contributed by atoms with E-state index in [-0.39, 0.29) is 29.9 Å². The second-order valence-electron chi connectivity index (χ2n) is 6.91. The largest absolute Gasteiger partial charge is 0.444 e. The second-order valence-corrected chi connectivity index (χ2v) is 6.91. The smallest absolute Gasteiger partial charge is 0.407 e. The Balaban J connectivity index is 0.00000729. The minimum atomic E-state index is -0.497. The first-order chi connectivity index (χ1) is 12.7. The predicted molar refractivity (Wildman–Crippen MR) is 122 cm³/mol. The maximum absolute atomic E-state index is 11.7. The van der Waals surface area contributed by atoms with Gasteiger partial charge >= 0.3 is 6.09 Å². The van der Waals surface area contributed by atoms with E-state index in [4.69, 9.17) is 4.74 Å². The van der Waals surface area contributed by atoms with Crippen LogP contribution >= 0.6 is 24.0 Å². The fourth-order valence-electron chi connectivity index (χ4n) is 2.17. The molecule has 0 bridgehead atoms. The molecule has 0 unspecified atom stereocenters. The van der Waals surface area contributed by atoms with Crippen LogP contribution in [0.5, 0.6) is 0 Å². The Bertz CT molecular complexity index is 659. The first-order valence-corrected chi connectivity index (χ1v) is 8.97. The van der Waals surface area contributed by atoms with E-state index in [1.165, 1.54) is 0 Å². The number of hydrogen-bond acceptors (Lipinski definition) is 4. The number of carbonyl (C=O) groups is 2. The third kappa shape index (κ3) is 11.0. The lowest BCUT2D eigenvalue weighted by molar-refractivity contribution is 0.0527. The summed E-state index contributed by atoms with van der Waals surface area (Å²) in [7, 11) is 3.30. The molecule has 0 aliphatic heterocycles. The topological polar surface area (TPSA) is 104 Å². The zero-order chi connectivity index (χ0) is 20.3. The summed E-state index contributed by atoms with van der Waals surface area (Å²) in [5.41, 5.74) is 1.10. The molecule has 0 saturated heterocycles. The Morgan fingerprint density at radius 2 is 1.79 bits per heavy atom. The van der Waals surface area contributed by atoms with E-state index in [9.17, 15) is 9.59 Å². The van der Waals surface area contributed by atoms with Gasteiger partial charge in [0.05, 0.1) is 0 Å². The van der Waals surface area contributed by atoms with Gasteiger partial charge in [-0.05, 0) is 44.9 Å². The molecule has 4 N–H and O–H groups in total. The average molecular weight is 505 g/mol. The zero-order valence-corrected chi connectivity index (χ0v) is 19.5. The summed E-state index contributed by atoms with van der Waals surface area (Å²) < 4.78 is 5.17. The SMILES string of the molecule is CN=C(NCCCNC(=O)OC(C)(C)C)NCc1cccc(C(=O)NC)c1.I. The van der Waals surface area contributed by atoms with Crippen molar-refractivity contribution in [3.8, 4) is 0 Å². The minimum absolute atomic E-state index is 0. The number of hydrogen-bond donors (Lipinski definition) is 4. The van der Waals surface area contributed by atoms with Crippen LogP contribution in [0.3, 0.4) is 0 Å². The Kier molecular flexibility index (Phi) is 12.2. The number of alkyl carbamates (subject to hydrolysis) is 1. The molecular formula is C19H32IN5O3. The van der Waals surface area contributed by atoms with Gasteiger partial charge in [0.25, 0.3) is 5.91 Å². The van der Waals surface area contributed by atoms with Crippen molar-refractivity contribution in [1.29, 1.82) is 0 Å². The molecule has 1 aromatic rings. The molecule has 9 heteroatoms. The highest BCUT2D eigenvalue weighted by atomic mass is 127. The van der Waals surface area contributed by atoms with E-state index < -0.39 is 11.7 Å². The van der Waals surface area contributed by atoms with Crippen molar-refractivity contribution in [2.75, 3.05) is 27.2 Å². The highest BCUT2D eigenvalue weighted by Crippen LogP contribution is 2.06. The van der Waals surface area contributed by atoms with Crippen molar-refractivity contribution in [2.45, 2.75) is 39.3 Å². The van der Waals surface area contributed by atoms with Gasteiger partial charge in [0.1, 0.15) is 5.60 Å². The van der Waals surface area contributed by atoms with Crippen LogP contribution in [0.1, 0.15) is 43.1 Å². The Morgan fingerprint density at radius 3 is 2.39 bits per heavy atom. The summed E-state index contributed by atoms with van der Waals surface area (Å²) in [6, 6.07) is 7.40. The van der Waals surface area contributed by atoms with Crippen LogP contribution in [-0.2, 0) is 11.3 Å². The van der Waals surface area contributed by atoms with Gasteiger partial charge in [0.2, 0.25) is 0 Å². The molecule has 2 amide bonds. The first kappa shape index (κ1) is 26.0. The maximum Gasteiger partial charge on any atom is 0.407 e. The van der Waals surface area contributed by atoms with Crippen LogP contribution in [-0.4, -0.2) is 50.7 Å². The highest BCUT2D eigenvalue weighted by Gasteiger charge is 2.15. The van der Waals surface area contributed by atoms with Crippen molar-refractivity contribution in [2.24, 2.45) is 4.99 Å². The summed E-state index contributed by atoms with van der Waals surface area (Å²) in [5, 5.41) is 11.7. The van der Waals surface area contributed by atoms with Crippen molar-refractivity contribution in [3.05, 3.63) is 35.4 Å². The summed E-state index contributed by atoms with van der Waals surface area (Å²) in [4.78, 5) is 27.4. The first-order valence-electron chi connectivity index (χ1n) is 8.97. The summed E-state index contributed by atoms with van der Waals surface area (Å²) in [6.45, 7) is 7.18. The van der Waals surface area contributed by atoms with Crippen molar-refractivity contribution in [3.63, 3.8) is 0 Å². The van der Waals surface area contributed by atoms with Gasteiger partial charge in [-0.15, -0.1) is 24.0 Å². The number of nitrogens with one attached hydrogen (secondary N) is 4. The number of halogens is 1. The number of ether oxygens (including phenoxy) is 1. The molecule has 8 nitrogen and oxygen atoms in total. The van der Waals surface area contributed by atoms with Crippen LogP contribution in [0.15, 0.2) is 29.3 Å². The number of rotatable bonds is 7. The molecule has 158 valence electrons. The quantitative estimate of drug-likeness (QED) is 0.197. The Hall–Kier alpha value is -2.04. The molecule has 1 aromatic carbocycles. The predicted octanol–water partition coefficient (Wildman–Crippen LogP) is 2.24. The van der Waals surface area contributed by atoms with E-state index >= 15 is 0 Å². The van der Waals surface area contributed by atoms with E-state index in [1.807, 2.05) is 39.0 Å². The molecule has 28 heavy (non-hydrogen) atoms. The monoisotopic (exact) mass is 505 g/mol. The molecule has 0 atom stereocenters. The second kappa shape index (κ2) is 13.2. The molecule has 0 heterocycles. The van der Waals surface area contributed by atoms with Crippen LogP contribution in [0.25, 0.3) is 0 Å². The van der Waals surface area contributed by atoms with Gasteiger partial charge < -0.3 is 26.0 Å². The zero-order valence-electron chi connectivity index (χ0n) is 17.2. The third-order valence-corrected chi connectivity index (χ3v) is 3.41. The number of guanidine groups is 1. The van der Waals surface area contributed by atoms with Crippen LogP contribution < -0.4 is 21.3 Å². The molecule has 0 saturated carbocycles. The summed E-state index contributed by atoms with van der Waals surface area (Å²) in [6.07, 6.45) is 0.313. The average Bonchev–Trinajstić information content (AvgIpc) is 2.62. The molecular weight excluding hydrogens is 473 g/mol. The fourth-order valence-corrected chi connectivity index (χ4v) is 2.17. The van der Waals surface area contributed by atoms with E-state index in [2.05, 4.69) is 26.3 Å². The molecule has 1 rings (SSSR count). The normalized spacial score (nSPS) is 11.1. The van der Waals surface area contributed by atoms with Crippen LogP contribution in [0.4, 0.5) is 4.79 Å². The molecule has 0 aliphatic carbocycles. The van der Waals surface area contributed by atoms with Crippen molar-refractivity contribution in [1.82, 2.24) is 21.3 Å². The van der Waals surface area contributed by atoms with E-state index in [0.717, 1.165) is 12.0 Å². The van der Waals surface area contributed by atoms with Crippen LogP contribution in [0.2, 0.25) is 0 Å². The lowest BCUT2D eigenvalue weighted by Crippen LogP contribution is -2.39. The van der Waals surface area contributed by atoms with E-state index in [0.29, 0.717) is 31.2 Å². The molecule has 0 fully saturated rings. The van der Waals surface area contributed by atoms with Crippen LogP contribution in [0, 0.1) is 0 Å². The number of benzene rings is 1. The van der Waals surface area contributed by atoms with E-state index in [1.54, 1.807) is 20.2 Å². The van der Waals surface area contributed by atoms with Gasteiger partial charge in [-0.25, -0.2) is 4.79 Å². The Morgan fingerprint density at radius 1 is 1.11 bits per heavy atom. The number of nitrogens with zero attached hydrogens (tertiary/aromatic N) is 1. The fraction of sp³-hybridized carbons (Fsp3) is 0.526. The summed E-state index contributed by atoms with van der Waals surface area (Å²) in [5.74, 6) is 0.537. The highest BCUT2D eigenvalue weighted by molar-refractivity contribution is 14.0. The lowest BCUT2D eigenvalue weighted by Gasteiger charge is -2.19. The minimum Gasteiger partial charge on any atom is -0.444 e. The molecule has 0 aliphatic rings. The number of amides is 2. The molecule has 0 spiro atoms. The third-order valence-electron chi connectivity index (χ3n) is 3.41. The van der Waals surface area contributed by atoms with Gasteiger partial charge in [0.15, 0.2) is 5.96 Å². The standard InChI is InChI=1S/C19H31N5O3.HI/c1-19(2,3)27-18(26)23-11-7-10-22-17(21-5)24-13-14-8-6-9-15(12-14)16(25)20-4;/h6,8-9,12H,7,10-11,13H2,1-5H3,(H,20,25)(H,23,26)(H2,21,22,24);1H. The van der Waals surface area contributed by atoms with Gasteiger partial charge in [0, 0.05) is 39.3 Å². The van der Waals surface area contributed by atoms with Gasteiger partial charge in [-0.3, -0.25) is 9.79 Å². The van der Waals surface area contributed by atoms with Crippen molar-refractivity contribution < 1.29 is 14.3 Å². The Labute approximate surface area is 184 Å². The lowest BCUT2D eigenvalue weighted by atomic mass is 10.1. The summed E-state index contributed by atoms with van der Waals surface area (Å²) >= 11 is 0. The number of aliphatic imine (C=N–C) groups is 1. The molecule has 0 aromatic heterocycles. The van der Waals surface area contributed by atoms with Gasteiger partial charge in [-0.1, -0.05) is 12.1 Å².